The largest absolute Gasteiger partial charge is 0.397 e. The summed E-state index contributed by atoms with van der Waals surface area (Å²) >= 11 is 7.40. The number of alkyl halides is 3. The molecule has 0 saturated carbocycles. The van der Waals surface area contributed by atoms with E-state index in [1.54, 1.807) is 0 Å². The van der Waals surface area contributed by atoms with Gasteiger partial charge in [-0.15, -0.1) is 11.6 Å². The van der Waals surface area contributed by atoms with Gasteiger partial charge in [0.2, 0.25) is 0 Å². The molecule has 1 aromatic rings. The molecule has 13 heavy (non-hydrogen) atoms. The molecule has 0 aliphatic heterocycles. The van der Waals surface area contributed by atoms with E-state index in [1.165, 1.54) is 6.20 Å². The molecular formula is C7H6ClF2IN2. The van der Waals surface area contributed by atoms with Crippen LogP contribution in [0, 0.1) is 3.57 Å². The van der Waals surface area contributed by atoms with E-state index >= 15 is 0 Å². The van der Waals surface area contributed by atoms with E-state index in [-0.39, 0.29) is 11.6 Å². The summed E-state index contributed by atoms with van der Waals surface area (Å²) in [6.45, 7) is 0. The summed E-state index contributed by atoms with van der Waals surface area (Å²) in [6.07, 6.45) is -1.39. The molecule has 0 aromatic carbocycles. The highest BCUT2D eigenvalue weighted by atomic mass is 127. The fourth-order valence-corrected chi connectivity index (χ4v) is 1.98. The summed E-state index contributed by atoms with van der Waals surface area (Å²) in [5.41, 5.74) is 5.90. The summed E-state index contributed by atoms with van der Waals surface area (Å²) in [4.78, 5) is 3.55. The van der Waals surface area contributed by atoms with Crippen LogP contribution in [0.25, 0.3) is 0 Å². The van der Waals surface area contributed by atoms with Gasteiger partial charge in [-0.3, -0.25) is 4.98 Å². The number of rotatable bonds is 2. The topological polar surface area (TPSA) is 38.9 Å². The second-order valence-electron chi connectivity index (χ2n) is 2.33. The van der Waals surface area contributed by atoms with Gasteiger partial charge in [0.1, 0.15) is 5.69 Å². The quantitative estimate of drug-likeness (QED) is 0.672. The second-order valence-corrected chi connectivity index (χ2v) is 3.67. The molecule has 1 heterocycles. The van der Waals surface area contributed by atoms with Gasteiger partial charge in [-0.1, -0.05) is 0 Å². The smallest absolute Gasteiger partial charge is 0.280 e. The number of hydrogen-bond donors (Lipinski definition) is 1. The van der Waals surface area contributed by atoms with E-state index in [2.05, 4.69) is 4.98 Å². The van der Waals surface area contributed by atoms with Crippen LogP contribution in [0.1, 0.15) is 17.7 Å². The Balaban J connectivity index is 3.30. The lowest BCUT2D eigenvalue weighted by molar-refractivity contribution is 0.145. The Kier molecular flexibility index (Phi) is 3.66. The van der Waals surface area contributed by atoms with Crippen LogP contribution in [0.15, 0.2) is 6.20 Å². The van der Waals surface area contributed by atoms with Crippen LogP contribution < -0.4 is 5.73 Å². The molecule has 1 aromatic heterocycles. The predicted molar refractivity (Wildman–Crippen MR) is 55.9 cm³/mol. The molecule has 0 saturated heterocycles. The average Bonchev–Trinajstić information content (AvgIpc) is 2.09. The normalized spacial score (nSPS) is 10.8. The molecule has 0 radical (unpaired) electrons. The van der Waals surface area contributed by atoms with E-state index in [1.807, 2.05) is 22.6 Å². The Bertz CT molecular complexity index is 320. The molecule has 0 aliphatic rings. The van der Waals surface area contributed by atoms with Crippen LogP contribution in [0.5, 0.6) is 0 Å². The molecule has 0 atom stereocenters. The standard InChI is InChI=1S/C7H6ClF2IN2/c8-1-3-5(11)4(12)2-13-6(3)7(9)10/h2,7H,1,12H2. The molecule has 0 amide bonds. The Morgan fingerprint density at radius 3 is 2.69 bits per heavy atom. The summed E-state index contributed by atoms with van der Waals surface area (Å²) < 4.78 is 25.3. The molecule has 0 fully saturated rings. The zero-order valence-electron chi connectivity index (χ0n) is 6.40. The number of hydrogen-bond acceptors (Lipinski definition) is 2. The third kappa shape index (κ3) is 2.19. The van der Waals surface area contributed by atoms with Gasteiger partial charge >= 0.3 is 0 Å². The van der Waals surface area contributed by atoms with Crippen LogP contribution in [0.4, 0.5) is 14.5 Å². The number of nitrogen functional groups attached to an aromatic ring is 1. The lowest BCUT2D eigenvalue weighted by Crippen LogP contribution is -2.03. The van der Waals surface area contributed by atoms with E-state index < -0.39 is 6.43 Å². The van der Waals surface area contributed by atoms with Crippen LogP contribution in [-0.2, 0) is 5.88 Å². The monoisotopic (exact) mass is 318 g/mol. The lowest BCUT2D eigenvalue weighted by atomic mass is 10.2. The Labute approximate surface area is 92.6 Å². The first-order valence-electron chi connectivity index (χ1n) is 3.34. The average molecular weight is 318 g/mol. The van der Waals surface area contributed by atoms with Crippen molar-refractivity contribution >= 4 is 39.9 Å². The molecule has 0 spiro atoms. The third-order valence-electron chi connectivity index (χ3n) is 1.51. The number of halogens is 4. The zero-order chi connectivity index (χ0) is 10.0. The highest BCUT2D eigenvalue weighted by Crippen LogP contribution is 2.28. The van der Waals surface area contributed by atoms with Crippen molar-refractivity contribution in [2.45, 2.75) is 12.3 Å². The minimum absolute atomic E-state index is 0.00398. The van der Waals surface area contributed by atoms with Crippen LogP contribution >= 0.6 is 34.2 Å². The first kappa shape index (κ1) is 10.9. The molecule has 72 valence electrons. The third-order valence-corrected chi connectivity index (χ3v) is 3.05. The van der Waals surface area contributed by atoms with Crippen molar-refractivity contribution in [1.29, 1.82) is 0 Å². The lowest BCUT2D eigenvalue weighted by Gasteiger charge is -2.08. The van der Waals surface area contributed by atoms with Gasteiger partial charge in [0.05, 0.1) is 17.8 Å². The number of nitrogens with zero attached hydrogens (tertiary/aromatic N) is 1. The number of anilines is 1. The number of nitrogens with two attached hydrogens (primary N) is 1. The van der Waals surface area contributed by atoms with Gasteiger partial charge in [-0.05, 0) is 22.6 Å². The zero-order valence-corrected chi connectivity index (χ0v) is 9.31. The molecule has 1 rings (SSSR count). The van der Waals surface area contributed by atoms with Gasteiger partial charge in [-0.25, -0.2) is 8.78 Å². The van der Waals surface area contributed by atoms with Gasteiger partial charge in [0.25, 0.3) is 6.43 Å². The maximum absolute atomic E-state index is 12.4. The van der Waals surface area contributed by atoms with Crippen molar-refractivity contribution in [3.05, 3.63) is 21.0 Å². The van der Waals surface area contributed by atoms with Gasteiger partial charge in [-0.2, -0.15) is 0 Å². The molecule has 0 unspecified atom stereocenters. The molecule has 0 aliphatic carbocycles. The summed E-state index contributed by atoms with van der Waals surface area (Å²) in [5, 5.41) is 0. The van der Waals surface area contributed by atoms with Crippen molar-refractivity contribution in [1.82, 2.24) is 4.98 Å². The van der Waals surface area contributed by atoms with Crippen LogP contribution in [-0.4, -0.2) is 4.98 Å². The molecule has 6 heteroatoms. The highest BCUT2D eigenvalue weighted by molar-refractivity contribution is 14.1. The number of aromatic nitrogens is 1. The van der Waals surface area contributed by atoms with E-state index in [0.717, 1.165) is 0 Å². The fourth-order valence-electron chi connectivity index (χ4n) is 0.876. The Hall–Kier alpha value is -0.170. The maximum Gasteiger partial charge on any atom is 0.280 e. The van der Waals surface area contributed by atoms with E-state index in [9.17, 15) is 8.78 Å². The molecule has 2 nitrogen and oxygen atoms in total. The first-order valence-corrected chi connectivity index (χ1v) is 4.96. The Morgan fingerprint density at radius 1 is 1.62 bits per heavy atom. The van der Waals surface area contributed by atoms with Crippen molar-refractivity contribution in [2.24, 2.45) is 0 Å². The molecule has 0 bridgehead atoms. The van der Waals surface area contributed by atoms with Crippen molar-refractivity contribution < 1.29 is 8.78 Å². The minimum atomic E-state index is -2.61. The van der Waals surface area contributed by atoms with E-state index in [0.29, 0.717) is 14.8 Å². The summed E-state index contributed by atoms with van der Waals surface area (Å²) in [7, 11) is 0. The van der Waals surface area contributed by atoms with Gasteiger partial charge in [0, 0.05) is 9.13 Å². The minimum Gasteiger partial charge on any atom is -0.397 e. The first-order chi connectivity index (χ1) is 6.07. The summed E-state index contributed by atoms with van der Waals surface area (Å²) in [6, 6.07) is 0. The second kappa shape index (κ2) is 4.36. The highest BCUT2D eigenvalue weighted by Gasteiger charge is 2.17. The van der Waals surface area contributed by atoms with E-state index in [4.69, 9.17) is 17.3 Å². The van der Waals surface area contributed by atoms with Crippen LogP contribution in [0.2, 0.25) is 0 Å². The summed E-state index contributed by atoms with van der Waals surface area (Å²) in [5.74, 6) is -0.00398. The fraction of sp³-hybridized carbons (Fsp3) is 0.286. The Morgan fingerprint density at radius 2 is 2.23 bits per heavy atom. The van der Waals surface area contributed by atoms with Gasteiger partial charge in [0.15, 0.2) is 0 Å². The maximum atomic E-state index is 12.4. The van der Waals surface area contributed by atoms with Crippen molar-refractivity contribution in [2.75, 3.05) is 5.73 Å². The predicted octanol–water partition coefficient (Wildman–Crippen LogP) is 2.94. The van der Waals surface area contributed by atoms with Gasteiger partial charge < -0.3 is 5.73 Å². The number of pyridine rings is 1. The molecular weight excluding hydrogens is 312 g/mol. The van der Waals surface area contributed by atoms with Crippen molar-refractivity contribution in [3.8, 4) is 0 Å². The SMILES string of the molecule is Nc1cnc(C(F)F)c(CCl)c1I. The van der Waals surface area contributed by atoms with Crippen molar-refractivity contribution in [3.63, 3.8) is 0 Å². The molecule has 2 N–H and O–H groups in total. The van der Waals surface area contributed by atoms with Crippen LogP contribution in [0.3, 0.4) is 0 Å².